The lowest BCUT2D eigenvalue weighted by Crippen LogP contribution is -2.24. The van der Waals surface area contributed by atoms with Gasteiger partial charge >= 0.3 is 0 Å². The summed E-state index contributed by atoms with van der Waals surface area (Å²) in [6.45, 7) is 6.21. The predicted molar refractivity (Wildman–Crippen MR) is 139 cm³/mol. The van der Waals surface area contributed by atoms with Gasteiger partial charge in [0.1, 0.15) is 12.4 Å². The second kappa shape index (κ2) is 12.1. The van der Waals surface area contributed by atoms with E-state index < -0.39 is 11.6 Å². The number of halogens is 3. The quantitative estimate of drug-likeness (QED) is 0.278. The van der Waals surface area contributed by atoms with Gasteiger partial charge < -0.3 is 9.47 Å². The minimum absolute atomic E-state index is 0.0832. The molecule has 3 aromatic rings. The van der Waals surface area contributed by atoms with Crippen LogP contribution in [0, 0.1) is 17.5 Å². The molecule has 3 aromatic carbocycles. The van der Waals surface area contributed by atoms with E-state index in [-0.39, 0.29) is 35.8 Å². The van der Waals surface area contributed by atoms with Crippen molar-refractivity contribution in [3.8, 4) is 28.0 Å². The monoisotopic (exact) mass is 492 g/mol. The first kappa shape index (κ1) is 25.8. The fourth-order valence-corrected chi connectivity index (χ4v) is 4.61. The molecule has 2 atom stereocenters. The lowest BCUT2D eigenvalue weighted by molar-refractivity contribution is -0.000225. The Balaban J connectivity index is 1.45. The zero-order valence-electron chi connectivity index (χ0n) is 20.5. The molecule has 0 spiro atoms. The van der Waals surface area contributed by atoms with Crippen molar-refractivity contribution >= 4 is 0 Å². The predicted octanol–water partition coefficient (Wildman–Crippen LogP) is 8.62. The third kappa shape index (κ3) is 5.90. The summed E-state index contributed by atoms with van der Waals surface area (Å²) < 4.78 is 55.2. The van der Waals surface area contributed by atoms with E-state index in [1.807, 2.05) is 13.0 Å². The van der Waals surface area contributed by atoms with Crippen LogP contribution >= 0.6 is 0 Å². The van der Waals surface area contributed by atoms with Gasteiger partial charge in [-0.1, -0.05) is 61.2 Å². The van der Waals surface area contributed by atoms with Crippen LogP contribution in [-0.2, 0) is 4.74 Å². The van der Waals surface area contributed by atoms with E-state index in [0.29, 0.717) is 23.3 Å². The normalized spacial score (nSPS) is 17.9. The van der Waals surface area contributed by atoms with Gasteiger partial charge in [-0.3, -0.25) is 0 Å². The minimum atomic E-state index is -1.05. The van der Waals surface area contributed by atoms with Gasteiger partial charge in [-0.05, 0) is 67.5 Å². The van der Waals surface area contributed by atoms with Crippen LogP contribution in [-0.4, -0.2) is 19.3 Å². The van der Waals surface area contributed by atoms with Gasteiger partial charge in [-0.15, -0.1) is 0 Å². The number of hydrogen-bond acceptors (Lipinski definition) is 2. The van der Waals surface area contributed by atoms with Crippen LogP contribution in [0.3, 0.4) is 0 Å². The topological polar surface area (TPSA) is 18.5 Å². The molecule has 2 unspecified atom stereocenters. The molecule has 1 saturated heterocycles. The van der Waals surface area contributed by atoms with E-state index in [4.69, 9.17) is 9.47 Å². The van der Waals surface area contributed by atoms with Crippen LogP contribution in [0.1, 0.15) is 44.1 Å². The number of ether oxygens (including phenoxy) is 2. The van der Waals surface area contributed by atoms with Crippen molar-refractivity contribution < 1.29 is 22.6 Å². The van der Waals surface area contributed by atoms with Crippen molar-refractivity contribution in [1.82, 2.24) is 0 Å². The van der Waals surface area contributed by atoms with Crippen molar-refractivity contribution in [2.24, 2.45) is 0 Å². The third-order valence-corrected chi connectivity index (χ3v) is 6.64. The first-order valence-corrected chi connectivity index (χ1v) is 12.4. The second-order valence-corrected chi connectivity index (χ2v) is 9.03. The number of hydrogen-bond donors (Lipinski definition) is 0. The maximum Gasteiger partial charge on any atom is 0.201 e. The van der Waals surface area contributed by atoms with Crippen LogP contribution in [0.4, 0.5) is 13.2 Å². The van der Waals surface area contributed by atoms with Gasteiger partial charge in [0.05, 0.1) is 12.7 Å². The van der Waals surface area contributed by atoms with Gasteiger partial charge in [0, 0.05) is 17.0 Å². The zero-order valence-corrected chi connectivity index (χ0v) is 20.5. The molecule has 2 nitrogen and oxygen atoms in total. The summed E-state index contributed by atoms with van der Waals surface area (Å²) in [5.41, 5.74) is 2.67. The largest absolute Gasteiger partial charge is 0.486 e. The van der Waals surface area contributed by atoms with E-state index in [1.165, 1.54) is 18.2 Å². The molecule has 1 aliphatic heterocycles. The standard InChI is InChI=1S/C31H31F3O2/c1-3-5-6-7-25-14-12-24(20-36-25)23-13-15-26(28(32)19-23)21-8-10-22(11-9-21)27-16-17-29(35-18-4-2)31(34)30(27)33/h3-5,8-11,13,15-17,19,24-25H,2,6-7,12,14,18,20H2,1H3/b5-3+. The van der Waals surface area contributed by atoms with Crippen LogP contribution in [0.15, 0.2) is 79.4 Å². The van der Waals surface area contributed by atoms with Gasteiger partial charge in [-0.25, -0.2) is 8.78 Å². The van der Waals surface area contributed by atoms with Crippen molar-refractivity contribution in [2.75, 3.05) is 13.2 Å². The molecule has 0 aromatic heterocycles. The molecule has 0 radical (unpaired) electrons. The highest BCUT2D eigenvalue weighted by Crippen LogP contribution is 2.34. The van der Waals surface area contributed by atoms with Crippen LogP contribution in [0.5, 0.6) is 5.75 Å². The van der Waals surface area contributed by atoms with E-state index >= 15 is 4.39 Å². The van der Waals surface area contributed by atoms with E-state index in [0.717, 1.165) is 31.2 Å². The summed E-state index contributed by atoms with van der Waals surface area (Å²) in [5.74, 6) is -2.32. The highest BCUT2D eigenvalue weighted by Gasteiger charge is 2.23. The Labute approximate surface area is 211 Å². The van der Waals surface area contributed by atoms with Gasteiger partial charge in [-0.2, -0.15) is 4.39 Å². The van der Waals surface area contributed by atoms with Crippen molar-refractivity contribution in [2.45, 2.75) is 44.6 Å². The number of allylic oxidation sites excluding steroid dienone is 2. The zero-order chi connectivity index (χ0) is 25.5. The molecular formula is C31H31F3O2. The van der Waals surface area contributed by atoms with E-state index in [1.54, 1.807) is 36.4 Å². The molecule has 1 aliphatic rings. The Kier molecular flexibility index (Phi) is 8.65. The average molecular weight is 493 g/mol. The van der Waals surface area contributed by atoms with E-state index in [2.05, 4.69) is 18.7 Å². The van der Waals surface area contributed by atoms with Crippen LogP contribution in [0.2, 0.25) is 0 Å². The van der Waals surface area contributed by atoms with E-state index in [9.17, 15) is 8.78 Å². The number of benzene rings is 3. The Morgan fingerprint density at radius 3 is 2.31 bits per heavy atom. The second-order valence-electron chi connectivity index (χ2n) is 9.03. The summed E-state index contributed by atoms with van der Waals surface area (Å²) >= 11 is 0. The Morgan fingerprint density at radius 1 is 0.944 bits per heavy atom. The SMILES string of the molecule is C=CCOc1ccc(-c2ccc(-c3ccc(C4CCC(CC/C=C/C)OC4)cc3F)cc2)c(F)c1F. The van der Waals surface area contributed by atoms with Crippen molar-refractivity contribution in [3.63, 3.8) is 0 Å². The Bertz CT molecular complexity index is 1210. The fraction of sp³-hybridized carbons (Fsp3) is 0.290. The lowest BCUT2D eigenvalue weighted by atomic mass is 9.89. The number of rotatable bonds is 9. The van der Waals surface area contributed by atoms with Gasteiger partial charge in [0.15, 0.2) is 11.6 Å². The summed E-state index contributed by atoms with van der Waals surface area (Å²) in [6.07, 6.45) is 9.94. The first-order valence-electron chi connectivity index (χ1n) is 12.4. The molecule has 0 bridgehead atoms. The molecule has 5 heteroatoms. The molecule has 188 valence electrons. The summed E-state index contributed by atoms with van der Waals surface area (Å²) in [6, 6.07) is 14.9. The summed E-state index contributed by atoms with van der Waals surface area (Å²) in [5, 5.41) is 0. The Hall–Kier alpha value is -3.31. The summed E-state index contributed by atoms with van der Waals surface area (Å²) in [7, 11) is 0. The maximum atomic E-state index is 15.1. The minimum Gasteiger partial charge on any atom is -0.486 e. The maximum absolute atomic E-state index is 15.1. The fourth-order valence-electron chi connectivity index (χ4n) is 4.61. The average Bonchev–Trinajstić information content (AvgIpc) is 2.90. The molecule has 1 fully saturated rings. The molecule has 1 heterocycles. The molecule has 36 heavy (non-hydrogen) atoms. The van der Waals surface area contributed by atoms with Crippen LogP contribution in [0.25, 0.3) is 22.3 Å². The van der Waals surface area contributed by atoms with Crippen molar-refractivity contribution in [3.05, 3.63) is 102 Å². The highest BCUT2D eigenvalue weighted by molar-refractivity contribution is 5.71. The molecule has 0 aliphatic carbocycles. The summed E-state index contributed by atoms with van der Waals surface area (Å²) in [4.78, 5) is 0. The lowest BCUT2D eigenvalue weighted by Gasteiger charge is -2.29. The van der Waals surface area contributed by atoms with Crippen molar-refractivity contribution in [1.29, 1.82) is 0 Å². The smallest absolute Gasteiger partial charge is 0.201 e. The third-order valence-electron chi connectivity index (χ3n) is 6.64. The first-order chi connectivity index (χ1) is 17.5. The Morgan fingerprint density at radius 2 is 1.67 bits per heavy atom. The molecule has 0 saturated carbocycles. The molecular weight excluding hydrogens is 461 g/mol. The van der Waals surface area contributed by atoms with Gasteiger partial charge in [0.2, 0.25) is 5.82 Å². The van der Waals surface area contributed by atoms with Gasteiger partial charge in [0.25, 0.3) is 0 Å². The molecule has 4 rings (SSSR count). The molecule has 0 amide bonds. The van der Waals surface area contributed by atoms with Crippen LogP contribution < -0.4 is 4.74 Å². The highest BCUT2D eigenvalue weighted by atomic mass is 19.2. The molecule has 0 N–H and O–H groups in total.